The van der Waals surface area contributed by atoms with E-state index in [1.165, 1.54) is 6.92 Å². The maximum atomic E-state index is 14.0. The van der Waals surface area contributed by atoms with Crippen LogP contribution in [0.15, 0.2) is 0 Å². The Hall–Kier alpha value is -1.26. The number of rotatable bonds is 13. The molecule has 0 spiro atoms. The summed E-state index contributed by atoms with van der Waals surface area (Å²) in [4.78, 5) is 11.5. The van der Waals surface area contributed by atoms with Gasteiger partial charge in [-0.1, -0.05) is 6.92 Å². The molecule has 0 aliphatic rings. The number of carbonyl (C=O) groups is 1. The molecule has 0 unspecified atom stereocenters. The second-order valence-electron chi connectivity index (χ2n) is 7.85. The third kappa shape index (κ3) is 5.51. The van der Waals surface area contributed by atoms with Gasteiger partial charge in [-0.15, -0.1) is 10.3 Å². The number of hydrogen-bond acceptors (Lipinski definition) is 4. The molecule has 0 atom stereocenters. The van der Waals surface area contributed by atoms with Gasteiger partial charge in [-0.25, -0.2) is 3.63 Å². The van der Waals surface area contributed by atoms with Crippen molar-refractivity contribution in [2.24, 2.45) is 0 Å². The Morgan fingerprint density at radius 3 is 1.24 bits per heavy atom. The van der Waals surface area contributed by atoms with Crippen LogP contribution in [0, 0.1) is 0 Å². The molecule has 4 nitrogen and oxygen atoms in total. The van der Waals surface area contributed by atoms with Crippen LogP contribution >= 0.6 is 10.3 Å². The van der Waals surface area contributed by atoms with Crippen LogP contribution in [0.3, 0.4) is 0 Å². The van der Waals surface area contributed by atoms with E-state index >= 15 is 0 Å². The summed E-state index contributed by atoms with van der Waals surface area (Å²) in [5.74, 6) is -54.2. The second-order valence-corrected chi connectivity index (χ2v) is 13.0. The van der Waals surface area contributed by atoms with Crippen molar-refractivity contribution < 1.29 is 91.5 Å². The van der Waals surface area contributed by atoms with Crippen LogP contribution < -0.4 is 0 Å². The Bertz CT molecular complexity index is 986. The highest BCUT2D eigenvalue weighted by Crippen LogP contribution is 2.65. The first-order valence-electron chi connectivity index (χ1n) is 9.06. The van der Waals surface area contributed by atoms with Crippen LogP contribution in [-0.2, 0) is 18.5 Å². The van der Waals surface area contributed by atoms with Crippen LogP contribution in [0.25, 0.3) is 0 Å². The molecule has 0 heterocycles. The van der Waals surface area contributed by atoms with Crippen molar-refractivity contribution in [1.82, 2.24) is 0 Å². The fourth-order valence-corrected chi connectivity index (χ4v) is 6.19. The molecule has 0 fully saturated rings. The molecule has 0 radical (unpaired) electrons. The van der Waals surface area contributed by atoms with Gasteiger partial charge in [0.1, 0.15) is 5.78 Å². The standard InChI is InChI=1S/C15H15F17O4S2/c1-4-5-7(33)6-37(2,3)36-38(34,35)15(31,32)13(26,27)11(22,23)9(18,19)8(16,17)10(20,21)12(24,25)14(28,29)30/h4-6H2,1-3H3. The summed E-state index contributed by atoms with van der Waals surface area (Å²) in [5.41, 5.74) is 0. The minimum Gasteiger partial charge on any atom is -0.299 e. The van der Waals surface area contributed by atoms with Crippen LogP contribution in [-0.4, -0.2) is 79.4 Å². The molecule has 0 N–H and O–H groups in total. The maximum absolute atomic E-state index is 14.0. The molecule has 0 saturated heterocycles. The molecule has 0 aromatic rings. The smallest absolute Gasteiger partial charge is 0.299 e. The maximum Gasteiger partial charge on any atom is 0.460 e. The van der Waals surface area contributed by atoms with E-state index < -0.39 is 85.4 Å². The highest BCUT2D eigenvalue weighted by molar-refractivity contribution is 8.32. The van der Waals surface area contributed by atoms with Gasteiger partial charge in [-0.3, -0.25) is 4.79 Å². The van der Waals surface area contributed by atoms with E-state index in [2.05, 4.69) is 3.63 Å². The van der Waals surface area contributed by atoms with Gasteiger partial charge in [0.2, 0.25) is 0 Å². The van der Waals surface area contributed by atoms with Gasteiger partial charge in [0, 0.05) is 6.42 Å². The minimum atomic E-state index is -8.92. The SMILES string of the molecule is CCCC(=O)CS(C)(C)OS(=O)(=O)C(F)(F)C(F)(F)C(F)(F)C(F)(F)C(F)(F)C(F)(F)C(F)(F)C(F)(F)F. The van der Waals surface area contributed by atoms with Gasteiger partial charge in [0.05, 0.1) is 5.75 Å². The van der Waals surface area contributed by atoms with Crippen molar-refractivity contribution in [3.63, 3.8) is 0 Å². The zero-order valence-electron chi connectivity index (χ0n) is 18.5. The Morgan fingerprint density at radius 1 is 0.605 bits per heavy atom. The van der Waals surface area contributed by atoms with E-state index in [-0.39, 0.29) is 6.42 Å². The Morgan fingerprint density at radius 2 is 0.921 bits per heavy atom. The van der Waals surface area contributed by atoms with E-state index in [4.69, 9.17) is 0 Å². The molecule has 0 saturated carbocycles. The third-order valence-corrected chi connectivity index (χ3v) is 8.41. The first-order valence-corrected chi connectivity index (χ1v) is 13.0. The van der Waals surface area contributed by atoms with Gasteiger partial charge in [-0.05, 0) is 18.9 Å². The fraction of sp³-hybridized carbons (Fsp3) is 0.933. The number of halogens is 17. The lowest BCUT2D eigenvalue weighted by Gasteiger charge is -2.42. The quantitative estimate of drug-likeness (QED) is 0.211. The summed E-state index contributed by atoms with van der Waals surface area (Å²) >= 11 is 0. The third-order valence-electron chi connectivity index (χ3n) is 4.32. The molecular formula is C15H15F17O4S2. The lowest BCUT2D eigenvalue weighted by Crippen LogP contribution is -2.75. The summed E-state index contributed by atoms with van der Waals surface area (Å²) in [6, 6.07) is 0. The van der Waals surface area contributed by atoms with E-state index in [0.717, 1.165) is 0 Å². The van der Waals surface area contributed by atoms with Gasteiger partial charge < -0.3 is 0 Å². The van der Waals surface area contributed by atoms with E-state index in [9.17, 15) is 87.8 Å². The highest BCUT2D eigenvalue weighted by atomic mass is 32.3. The normalized spacial score (nSPS) is 16.5. The van der Waals surface area contributed by atoms with Crippen molar-refractivity contribution in [2.45, 2.75) is 66.7 Å². The molecule has 0 aliphatic heterocycles. The number of Topliss-reactive ketones (excluding diaryl/α,β-unsaturated/α-hetero) is 1. The molecule has 0 aromatic heterocycles. The summed E-state index contributed by atoms with van der Waals surface area (Å²) in [7, 11) is -11.5. The minimum absolute atomic E-state index is 0.0445. The lowest BCUT2D eigenvalue weighted by molar-refractivity contribution is -0.458. The number of alkyl halides is 17. The second kappa shape index (κ2) is 9.98. The first-order chi connectivity index (χ1) is 16.2. The number of hydrogen-bond donors (Lipinski definition) is 0. The largest absolute Gasteiger partial charge is 0.460 e. The summed E-state index contributed by atoms with van der Waals surface area (Å²) < 4.78 is 252. The van der Waals surface area contributed by atoms with Crippen LogP contribution in [0.5, 0.6) is 0 Å². The van der Waals surface area contributed by atoms with Gasteiger partial charge in [0.15, 0.2) is 0 Å². The summed E-state index contributed by atoms with van der Waals surface area (Å²) in [6.45, 7) is 1.36. The van der Waals surface area contributed by atoms with Crippen molar-refractivity contribution >= 4 is 26.2 Å². The molecule has 0 aliphatic carbocycles. The monoisotopic (exact) mass is 646 g/mol. The average Bonchev–Trinajstić information content (AvgIpc) is 2.64. The van der Waals surface area contributed by atoms with Crippen LogP contribution in [0.2, 0.25) is 0 Å². The summed E-state index contributed by atoms with van der Waals surface area (Å²) in [5, 5.41) is -7.76. The first kappa shape index (κ1) is 36.7. The molecule has 23 heteroatoms. The fourth-order valence-electron chi connectivity index (χ4n) is 2.35. The predicted octanol–water partition coefficient (Wildman–Crippen LogP) is 6.65. The molecule has 0 amide bonds. The van der Waals surface area contributed by atoms with E-state index in [1.807, 2.05) is 0 Å². The van der Waals surface area contributed by atoms with Gasteiger partial charge >= 0.3 is 57.1 Å². The molecule has 38 heavy (non-hydrogen) atoms. The van der Waals surface area contributed by atoms with Crippen molar-refractivity contribution in [3.8, 4) is 0 Å². The molecule has 0 bridgehead atoms. The van der Waals surface area contributed by atoms with Gasteiger partial charge in [-0.2, -0.15) is 83.1 Å². The molecule has 0 aromatic carbocycles. The average molecular weight is 646 g/mol. The van der Waals surface area contributed by atoms with Crippen molar-refractivity contribution in [1.29, 1.82) is 0 Å². The van der Waals surface area contributed by atoms with E-state index in [1.54, 1.807) is 0 Å². The zero-order valence-corrected chi connectivity index (χ0v) is 20.1. The van der Waals surface area contributed by atoms with Crippen LogP contribution in [0.4, 0.5) is 74.6 Å². The predicted molar refractivity (Wildman–Crippen MR) is 94.9 cm³/mol. The van der Waals surface area contributed by atoms with Crippen molar-refractivity contribution in [3.05, 3.63) is 0 Å². The van der Waals surface area contributed by atoms with Crippen LogP contribution in [0.1, 0.15) is 19.8 Å². The number of ketones is 1. The molecular weight excluding hydrogens is 631 g/mol. The zero-order chi connectivity index (χ0) is 31.4. The van der Waals surface area contributed by atoms with Gasteiger partial charge in [0.25, 0.3) is 0 Å². The lowest BCUT2D eigenvalue weighted by atomic mass is 9.91. The summed E-state index contributed by atoms with van der Waals surface area (Å²) in [6.07, 6.45) is -7.33. The molecule has 230 valence electrons. The Kier molecular flexibility index (Phi) is 9.65. The Labute approximate surface area is 203 Å². The topological polar surface area (TPSA) is 60.4 Å². The highest BCUT2D eigenvalue weighted by Gasteiger charge is 2.96. The Balaban J connectivity index is 6.82. The molecule has 0 rings (SSSR count). The van der Waals surface area contributed by atoms with Crippen molar-refractivity contribution in [2.75, 3.05) is 18.3 Å². The number of carbonyl (C=O) groups excluding carboxylic acids is 1. The van der Waals surface area contributed by atoms with E-state index in [0.29, 0.717) is 12.5 Å².